The lowest BCUT2D eigenvalue weighted by molar-refractivity contribution is 0.0985. The van der Waals surface area contributed by atoms with Gasteiger partial charge in [0.2, 0.25) is 0 Å². The fourth-order valence-corrected chi connectivity index (χ4v) is 4.96. The number of halogens is 1. The van der Waals surface area contributed by atoms with Gasteiger partial charge >= 0.3 is 0 Å². The van der Waals surface area contributed by atoms with Gasteiger partial charge in [-0.25, -0.2) is 4.98 Å². The number of aryl methyl sites for hydroxylation is 1. The van der Waals surface area contributed by atoms with Crippen molar-refractivity contribution < 1.29 is 4.79 Å². The van der Waals surface area contributed by atoms with Gasteiger partial charge in [-0.2, -0.15) is 0 Å². The standard InChI is InChI=1S/C28H21ClN2OS/c1-19-24(29)16-17-25-26(19)30-28(33-25)31(18-20-8-4-2-5-9-20)27(32)23-14-12-22(13-15-23)21-10-6-3-7-11-21/h2-17H,18H2,1H3. The number of amides is 1. The van der Waals surface area contributed by atoms with Crippen molar-refractivity contribution in [2.45, 2.75) is 13.5 Å². The van der Waals surface area contributed by atoms with Gasteiger partial charge in [0.15, 0.2) is 5.13 Å². The maximum atomic E-state index is 13.7. The van der Waals surface area contributed by atoms with Gasteiger partial charge in [0.05, 0.1) is 16.8 Å². The summed E-state index contributed by atoms with van der Waals surface area (Å²) >= 11 is 7.82. The van der Waals surface area contributed by atoms with Gasteiger partial charge < -0.3 is 0 Å². The lowest BCUT2D eigenvalue weighted by Crippen LogP contribution is -2.30. The highest BCUT2D eigenvalue weighted by Crippen LogP contribution is 2.35. The van der Waals surface area contributed by atoms with Crippen LogP contribution in [0.5, 0.6) is 0 Å². The first-order valence-corrected chi connectivity index (χ1v) is 11.9. The minimum Gasteiger partial charge on any atom is -0.279 e. The Morgan fingerprint density at radius 1 is 0.848 bits per heavy atom. The predicted octanol–water partition coefficient (Wildman–Crippen LogP) is 7.77. The van der Waals surface area contributed by atoms with Crippen molar-refractivity contribution in [2.24, 2.45) is 0 Å². The molecule has 0 fully saturated rings. The van der Waals surface area contributed by atoms with E-state index in [1.165, 1.54) is 11.3 Å². The summed E-state index contributed by atoms with van der Waals surface area (Å²) in [5, 5.41) is 1.34. The lowest BCUT2D eigenvalue weighted by Gasteiger charge is -2.20. The van der Waals surface area contributed by atoms with Gasteiger partial charge in [0.1, 0.15) is 0 Å². The molecule has 4 aromatic carbocycles. The normalized spacial score (nSPS) is 11.0. The van der Waals surface area contributed by atoms with E-state index >= 15 is 0 Å². The van der Waals surface area contributed by atoms with E-state index in [0.29, 0.717) is 22.3 Å². The maximum absolute atomic E-state index is 13.7. The Labute approximate surface area is 201 Å². The van der Waals surface area contributed by atoms with E-state index in [4.69, 9.17) is 16.6 Å². The first-order valence-electron chi connectivity index (χ1n) is 10.7. The van der Waals surface area contributed by atoms with Gasteiger partial charge in [-0.15, -0.1) is 0 Å². The molecule has 1 aromatic heterocycles. The zero-order valence-corrected chi connectivity index (χ0v) is 19.6. The van der Waals surface area contributed by atoms with E-state index in [2.05, 4.69) is 12.1 Å². The van der Waals surface area contributed by atoms with Crippen molar-refractivity contribution >= 4 is 44.2 Å². The molecule has 1 amide bonds. The minimum atomic E-state index is -0.0822. The molecule has 5 rings (SSSR count). The van der Waals surface area contributed by atoms with E-state index in [-0.39, 0.29) is 5.91 Å². The van der Waals surface area contributed by atoms with Crippen LogP contribution in [-0.2, 0) is 6.54 Å². The molecule has 0 saturated carbocycles. The number of carbonyl (C=O) groups excluding carboxylic acids is 1. The third-order valence-corrected chi connectivity index (χ3v) is 7.09. The lowest BCUT2D eigenvalue weighted by atomic mass is 10.0. The second-order valence-electron chi connectivity index (χ2n) is 7.84. The summed E-state index contributed by atoms with van der Waals surface area (Å²) in [4.78, 5) is 20.3. The van der Waals surface area contributed by atoms with Crippen molar-refractivity contribution in [3.05, 3.63) is 119 Å². The van der Waals surface area contributed by atoms with Crippen LogP contribution < -0.4 is 4.90 Å². The molecular formula is C28H21ClN2OS. The molecule has 3 nitrogen and oxygen atoms in total. The second-order valence-corrected chi connectivity index (χ2v) is 9.25. The molecular weight excluding hydrogens is 448 g/mol. The number of carbonyl (C=O) groups is 1. The molecule has 0 unspecified atom stereocenters. The number of hydrogen-bond acceptors (Lipinski definition) is 3. The highest BCUT2D eigenvalue weighted by Gasteiger charge is 2.22. The number of hydrogen-bond donors (Lipinski definition) is 0. The smallest absolute Gasteiger partial charge is 0.260 e. The summed E-state index contributed by atoms with van der Waals surface area (Å²) < 4.78 is 1.01. The van der Waals surface area contributed by atoms with Gasteiger partial charge in [0.25, 0.3) is 5.91 Å². The van der Waals surface area contributed by atoms with Gasteiger partial charge in [-0.05, 0) is 53.4 Å². The molecule has 0 aliphatic heterocycles. The van der Waals surface area contributed by atoms with Gasteiger partial charge in [-0.3, -0.25) is 9.69 Å². The van der Waals surface area contributed by atoms with Crippen molar-refractivity contribution in [3.8, 4) is 11.1 Å². The Hall–Kier alpha value is -3.47. The Bertz CT molecular complexity index is 1410. The van der Waals surface area contributed by atoms with Crippen LogP contribution >= 0.6 is 22.9 Å². The van der Waals surface area contributed by atoms with Crippen LogP contribution in [0.2, 0.25) is 5.02 Å². The highest BCUT2D eigenvalue weighted by atomic mass is 35.5. The van der Waals surface area contributed by atoms with Crippen LogP contribution in [0.25, 0.3) is 21.3 Å². The van der Waals surface area contributed by atoms with E-state index < -0.39 is 0 Å². The topological polar surface area (TPSA) is 33.2 Å². The molecule has 0 saturated heterocycles. The molecule has 1 heterocycles. The summed E-state index contributed by atoms with van der Waals surface area (Å²) in [6.07, 6.45) is 0. The number of benzene rings is 4. The minimum absolute atomic E-state index is 0.0822. The number of anilines is 1. The van der Waals surface area contributed by atoms with Crippen LogP contribution in [0.15, 0.2) is 97.1 Å². The zero-order chi connectivity index (χ0) is 22.8. The summed E-state index contributed by atoms with van der Waals surface area (Å²) in [6, 6.07) is 31.7. The third kappa shape index (κ3) is 4.40. The maximum Gasteiger partial charge on any atom is 0.260 e. The number of fused-ring (bicyclic) bond motifs is 1. The molecule has 162 valence electrons. The molecule has 33 heavy (non-hydrogen) atoms. The van der Waals surface area contributed by atoms with Crippen molar-refractivity contribution in [1.82, 2.24) is 4.98 Å². The molecule has 5 aromatic rings. The largest absolute Gasteiger partial charge is 0.279 e. The summed E-state index contributed by atoms with van der Waals surface area (Å²) in [6.45, 7) is 2.40. The van der Waals surface area contributed by atoms with Crippen LogP contribution in [0.3, 0.4) is 0 Å². The van der Waals surface area contributed by atoms with Gasteiger partial charge in [-0.1, -0.05) is 95.7 Å². The predicted molar refractivity (Wildman–Crippen MR) is 138 cm³/mol. The third-order valence-electron chi connectivity index (χ3n) is 5.64. The number of rotatable bonds is 5. The monoisotopic (exact) mass is 468 g/mol. The van der Waals surface area contributed by atoms with Crippen molar-refractivity contribution in [3.63, 3.8) is 0 Å². The van der Waals surface area contributed by atoms with E-state index in [9.17, 15) is 4.79 Å². The summed E-state index contributed by atoms with van der Waals surface area (Å²) in [7, 11) is 0. The van der Waals surface area contributed by atoms with E-state index in [1.54, 1.807) is 4.90 Å². The SMILES string of the molecule is Cc1c(Cl)ccc2sc(N(Cc3ccccc3)C(=O)c3ccc(-c4ccccc4)cc3)nc12. The summed E-state index contributed by atoms with van der Waals surface area (Å²) in [5.41, 5.74) is 5.63. The fourth-order valence-electron chi connectivity index (χ4n) is 3.79. The number of thiazole rings is 1. The number of nitrogens with zero attached hydrogens (tertiary/aromatic N) is 2. The molecule has 0 atom stereocenters. The highest BCUT2D eigenvalue weighted by molar-refractivity contribution is 7.22. The fraction of sp³-hybridized carbons (Fsp3) is 0.0714. The quantitative estimate of drug-likeness (QED) is 0.264. The first-order chi connectivity index (χ1) is 16.1. The molecule has 0 radical (unpaired) electrons. The average Bonchev–Trinajstić information content (AvgIpc) is 3.30. The van der Waals surface area contributed by atoms with Crippen molar-refractivity contribution in [1.29, 1.82) is 0 Å². The van der Waals surface area contributed by atoms with E-state index in [0.717, 1.165) is 32.5 Å². The van der Waals surface area contributed by atoms with Crippen LogP contribution in [0.4, 0.5) is 5.13 Å². The molecule has 0 N–H and O–H groups in total. The van der Waals surface area contributed by atoms with Crippen LogP contribution in [0.1, 0.15) is 21.5 Å². The van der Waals surface area contributed by atoms with E-state index in [1.807, 2.05) is 91.9 Å². The molecule has 0 spiro atoms. The molecule has 5 heteroatoms. The Balaban J connectivity index is 1.53. The number of aromatic nitrogens is 1. The van der Waals surface area contributed by atoms with Crippen LogP contribution in [-0.4, -0.2) is 10.9 Å². The van der Waals surface area contributed by atoms with Crippen LogP contribution in [0, 0.1) is 6.92 Å². The molecule has 0 aliphatic rings. The Kier molecular flexibility index (Phi) is 5.95. The molecule has 0 bridgehead atoms. The first kappa shape index (κ1) is 21.4. The Morgan fingerprint density at radius 2 is 1.48 bits per heavy atom. The zero-order valence-electron chi connectivity index (χ0n) is 18.0. The molecule has 0 aliphatic carbocycles. The van der Waals surface area contributed by atoms with Gasteiger partial charge in [0, 0.05) is 10.6 Å². The van der Waals surface area contributed by atoms with Crippen molar-refractivity contribution in [2.75, 3.05) is 4.90 Å². The second kappa shape index (κ2) is 9.18. The Morgan fingerprint density at radius 3 is 2.18 bits per heavy atom. The summed E-state index contributed by atoms with van der Waals surface area (Å²) in [5.74, 6) is -0.0822. The average molecular weight is 469 g/mol.